The van der Waals surface area contributed by atoms with Gasteiger partial charge in [-0.05, 0) is 37.1 Å². The fourth-order valence-corrected chi connectivity index (χ4v) is 3.62. The van der Waals surface area contributed by atoms with Crippen LogP contribution in [0, 0.1) is 6.92 Å². The van der Waals surface area contributed by atoms with Gasteiger partial charge in [-0.3, -0.25) is 9.36 Å². The van der Waals surface area contributed by atoms with Crippen molar-refractivity contribution in [3.05, 3.63) is 75.6 Å². The van der Waals surface area contributed by atoms with Crippen molar-refractivity contribution in [1.82, 2.24) is 14.8 Å². The van der Waals surface area contributed by atoms with Crippen LogP contribution in [-0.4, -0.2) is 21.9 Å². The first-order valence-electron chi connectivity index (χ1n) is 9.13. The molecule has 2 aromatic carbocycles. The molecule has 0 fully saturated rings. The van der Waals surface area contributed by atoms with Crippen molar-refractivity contribution in [2.45, 2.75) is 37.8 Å². The first-order chi connectivity index (χ1) is 13.6. The molecule has 0 unspecified atom stereocenters. The molecule has 0 aliphatic carbocycles. The average molecular weight is 397 g/mol. The SMILES string of the molecule is CCn1c(SCc2ccc(OC)cc2)nnc(NCc2ccc(C)cc2)c1=O. The van der Waals surface area contributed by atoms with Crippen LogP contribution in [0.5, 0.6) is 5.75 Å². The van der Waals surface area contributed by atoms with Gasteiger partial charge in [0.2, 0.25) is 5.82 Å². The van der Waals surface area contributed by atoms with Crippen LogP contribution in [0.15, 0.2) is 58.5 Å². The predicted octanol–water partition coefficient (Wildman–Crippen LogP) is 3.88. The maximum absolute atomic E-state index is 12.8. The number of nitrogens with zero attached hydrogens (tertiary/aromatic N) is 3. The normalized spacial score (nSPS) is 10.7. The maximum atomic E-state index is 12.8. The monoisotopic (exact) mass is 396 g/mol. The summed E-state index contributed by atoms with van der Waals surface area (Å²) in [5, 5.41) is 12.1. The lowest BCUT2D eigenvalue weighted by Gasteiger charge is -2.11. The van der Waals surface area contributed by atoms with E-state index in [1.165, 1.54) is 17.3 Å². The number of rotatable bonds is 8. The van der Waals surface area contributed by atoms with E-state index in [2.05, 4.69) is 15.5 Å². The smallest absolute Gasteiger partial charge is 0.297 e. The Hall–Kier alpha value is -2.80. The van der Waals surface area contributed by atoms with Crippen LogP contribution in [-0.2, 0) is 18.8 Å². The zero-order chi connectivity index (χ0) is 19.9. The Morgan fingerprint density at radius 1 is 1.04 bits per heavy atom. The van der Waals surface area contributed by atoms with Gasteiger partial charge in [-0.2, -0.15) is 0 Å². The Morgan fingerprint density at radius 3 is 2.36 bits per heavy atom. The number of aromatic nitrogens is 3. The average Bonchev–Trinajstić information content (AvgIpc) is 2.73. The lowest BCUT2D eigenvalue weighted by molar-refractivity contribution is 0.414. The minimum absolute atomic E-state index is 0.151. The van der Waals surface area contributed by atoms with Crippen molar-refractivity contribution in [3.63, 3.8) is 0 Å². The van der Waals surface area contributed by atoms with E-state index in [1.807, 2.05) is 62.4 Å². The number of methoxy groups -OCH3 is 1. The summed E-state index contributed by atoms with van der Waals surface area (Å²) in [6, 6.07) is 16.0. The highest BCUT2D eigenvalue weighted by molar-refractivity contribution is 7.98. The predicted molar refractivity (Wildman–Crippen MR) is 113 cm³/mol. The van der Waals surface area contributed by atoms with Gasteiger partial charge in [-0.25, -0.2) is 0 Å². The molecule has 6 nitrogen and oxygen atoms in total. The number of anilines is 1. The molecule has 1 N–H and O–H groups in total. The molecular weight excluding hydrogens is 372 g/mol. The fourth-order valence-electron chi connectivity index (χ4n) is 2.66. The maximum Gasteiger partial charge on any atom is 0.297 e. The van der Waals surface area contributed by atoms with Crippen molar-refractivity contribution < 1.29 is 4.74 Å². The van der Waals surface area contributed by atoms with E-state index in [0.717, 1.165) is 16.9 Å². The zero-order valence-electron chi connectivity index (χ0n) is 16.3. The summed E-state index contributed by atoms with van der Waals surface area (Å²) >= 11 is 1.50. The van der Waals surface area contributed by atoms with E-state index >= 15 is 0 Å². The number of nitrogens with one attached hydrogen (secondary N) is 1. The molecule has 3 rings (SSSR count). The van der Waals surface area contributed by atoms with Gasteiger partial charge in [0.25, 0.3) is 5.56 Å². The van der Waals surface area contributed by atoms with Crippen LogP contribution < -0.4 is 15.6 Å². The van der Waals surface area contributed by atoms with E-state index in [0.29, 0.717) is 24.0 Å². The number of hydrogen-bond acceptors (Lipinski definition) is 6. The van der Waals surface area contributed by atoms with Gasteiger partial charge in [0.1, 0.15) is 5.75 Å². The van der Waals surface area contributed by atoms with Gasteiger partial charge < -0.3 is 10.1 Å². The third-order valence-corrected chi connectivity index (χ3v) is 5.38. The van der Waals surface area contributed by atoms with Gasteiger partial charge in [0.15, 0.2) is 5.16 Å². The Bertz CT molecular complexity index is 969. The van der Waals surface area contributed by atoms with Crippen LogP contribution >= 0.6 is 11.8 Å². The fraction of sp³-hybridized carbons (Fsp3) is 0.286. The Balaban J connectivity index is 1.69. The molecule has 3 aromatic rings. The first kappa shape index (κ1) is 19.9. The topological polar surface area (TPSA) is 69.0 Å². The second kappa shape index (κ2) is 9.41. The van der Waals surface area contributed by atoms with Crippen molar-refractivity contribution in [1.29, 1.82) is 0 Å². The molecule has 0 saturated heterocycles. The third kappa shape index (κ3) is 4.92. The highest BCUT2D eigenvalue weighted by Crippen LogP contribution is 2.21. The Morgan fingerprint density at radius 2 is 1.71 bits per heavy atom. The van der Waals surface area contributed by atoms with Crippen LogP contribution in [0.1, 0.15) is 23.6 Å². The largest absolute Gasteiger partial charge is 0.497 e. The molecule has 0 atom stereocenters. The minimum atomic E-state index is -0.151. The van der Waals surface area contributed by atoms with Gasteiger partial charge in [-0.1, -0.05) is 53.7 Å². The lowest BCUT2D eigenvalue weighted by Crippen LogP contribution is -2.27. The van der Waals surface area contributed by atoms with Gasteiger partial charge in [-0.15, -0.1) is 10.2 Å². The van der Waals surface area contributed by atoms with Gasteiger partial charge in [0.05, 0.1) is 7.11 Å². The summed E-state index contributed by atoms with van der Waals surface area (Å²) in [4.78, 5) is 12.8. The number of thioether (sulfide) groups is 1. The van der Waals surface area contributed by atoms with Crippen LogP contribution in [0.25, 0.3) is 0 Å². The second-order valence-corrected chi connectivity index (χ2v) is 7.30. The summed E-state index contributed by atoms with van der Waals surface area (Å²) in [6.45, 7) is 5.06. The molecule has 7 heteroatoms. The molecule has 0 amide bonds. The van der Waals surface area contributed by atoms with Crippen molar-refractivity contribution >= 4 is 17.6 Å². The van der Waals surface area contributed by atoms with E-state index in [1.54, 1.807) is 11.7 Å². The number of ether oxygens (including phenoxy) is 1. The summed E-state index contributed by atoms with van der Waals surface area (Å²) in [6.07, 6.45) is 0. The van der Waals surface area contributed by atoms with Crippen molar-refractivity contribution in [2.24, 2.45) is 0 Å². The van der Waals surface area contributed by atoms with Gasteiger partial charge in [0, 0.05) is 18.8 Å². The van der Waals surface area contributed by atoms with Crippen LogP contribution in [0.4, 0.5) is 5.82 Å². The molecule has 0 radical (unpaired) electrons. The zero-order valence-corrected chi connectivity index (χ0v) is 17.1. The highest BCUT2D eigenvalue weighted by Gasteiger charge is 2.12. The number of aryl methyl sites for hydroxylation is 1. The summed E-state index contributed by atoms with van der Waals surface area (Å²) in [7, 11) is 1.65. The summed E-state index contributed by atoms with van der Waals surface area (Å²) in [5.74, 6) is 1.80. The van der Waals surface area contributed by atoms with E-state index in [4.69, 9.17) is 4.74 Å². The molecule has 1 aromatic heterocycles. The van der Waals surface area contributed by atoms with E-state index < -0.39 is 0 Å². The first-order valence-corrected chi connectivity index (χ1v) is 10.1. The van der Waals surface area contributed by atoms with Crippen LogP contribution in [0.2, 0.25) is 0 Å². The summed E-state index contributed by atoms with van der Waals surface area (Å²) < 4.78 is 6.83. The standard InChI is InChI=1S/C21H24N4O2S/c1-4-25-20(26)19(22-13-16-7-5-15(2)6-8-16)23-24-21(25)28-14-17-9-11-18(27-3)12-10-17/h5-12H,4,13-14H2,1-3H3,(H,22,23). The quantitative estimate of drug-likeness (QED) is 0.583. The van der Waals surface area contributed by atoms with Crippen molar-refractivity contribution in [2.75, 3.05) is 12.4 Å². The molecule has 1 heterocycles. The van der Waals surface area contributed by atoms with E-state index in [9.17, 15) is 4.79 Å². The second-order valence-electron chi connectivity index (χ2n) is 6.36. The van der Waals surface area contributed by atoms with Crippen LogP contribution in [0.3, 0.4) is 0 Å². The molecule has 28 heavy (non-hydrogen) atoms. The molecule has 146 valence electrons. The molecule has 0 saturated carbocycles. The molecular formula is C21H24N4O2S. The molecule has 0 aliphatic heterocycles. The van der Waals surface area contributed by atoms with E-state index in [-0.39, 0.29) is 11.4 Å². The molecule has 0 spiro atoms. The van der Waals surface area contributed by atoms with Crippen molar-refractivity contribution in [3.8, 4) is 5.75 Å². The number of benzene rings is 2. The molecule has 0 bridgehead atoms. The molecule has 0 aliphatic rings. The Kier molecular flexibility index (Phi) is 6.71. The lowest BCUT2D eigenvalue weighted by atomic mass is 10.1. The number of hydrogen-bond donors (Lipinski definition) is 1. The minimum Gasteiger partial charge on any atom is -0.497 e. The summed E-state index contributed by atoms with van der Waals surface area (Å²) in [5.41, 5.74) is 3.27. The third-order valence-electron chi connectivity index (χ3n) is 4.34. The Labute approximate surface area is 169 Å². The van der Waals surface area contributed by atoms with Gasteiger partial charge >= 0.3 is 0 Å². The highest BCUT2D eigenvalue weighted by atomic mass is 32.2.